The van der Waals surface area contributed by atoms with Crippen LogP contribution in [0.5, 0.6) is 0 Å². The number of ether oxygens (including phenoxy) is 1. The van der Waals surface area contributed by atoms with Crippen molar-refractivity contribution in [2.75, 3.05) is 12.4 Å². The average Bonchev–Trinajstić information content (AvgIpc) is 2.55. The molecule has 0 spiro atoms. The van der Waals surface area contributed by atoms with E-state index in [0.29, 0.717) is 16.4 Å². The fourth-order valence-electron chi connectivity index (χ4n) is 2.06. The lowest BCUT2D eigenvalue weighted by Gasteiger charge is -2.18. The monoisotopic (exact) mass is 314 g/mol. The second kappa shape index (κ2) is 7.56. The van der Waals surface area contributed by atoms with Gasteiger partial charge in [0.1, 0.15) is 0 Å². The summed E-state index contributed by atoms with van der Waals surface area (Å²) in [5, 5.41) is 6.69. The van der Waals surface area contributed by atoms with Gasteiger partial charge in [-0.25, -0.2) is 4.79 Å². The van der Waals surface area contributed by atoms with E-state index in [0.717, 1.165) is 5.56 Å². The molecule has 2 rings (SSSR count). The number of nitrogens with one attached hydrogen (secondary N) is 2. The zero-order valence-corrected chi connectivity index (χ0v) is 13.3. The molecule has 22 heavy (non-hydrogen) atoms. The maximum absolute atomic E-state index is 11.7. The van der Waals surface area contributed by atoms with Crippen LogP contribution in [0, 0.1) is 0 Å². The van der Waals surface area contributed by atoms with Gasteiger partial charge in [0.15, 0.2) is 5.11 Å². The fraction of sp³-hybridized carbons (Fsp3) is 0.176. The first kappa shape index (κ1) is 16.0. The van der Waals surface area contributed by atoms with Crippen molar-refractivity contribution in [1.29, 1.82) is 0 Å². The van der Waals surface area contributed by atoms with Crippen molar-refractivity contribution < 1.29 is 9.53 Å². The Morgan fingerprint density at radius 1 is 1.09 bits per heavy atom. The van der Waals surface area contributed by atoms with Crippen molar-refractivity contribution in [3.05, 3.63) is 65.7 Å². The molecule has 0 aliphatic carbocycles. The summed E-state index contributed by atoms with van der Waals surface area (Å²) < 4.78 is 4.77. The molecule has 0 aliphatic heterocycles. The number of hydrogen-bond donors (Lipinski definition) is 2. The van der Waals surface area contributed by atoms with Gasteiger partial charge in [0.2, 0.25) is 0 Å². The summed E-state index contributed by atoms with van der Waals surface area (Å²) in [5.41, 5.74) is 2.20. The third-order valence-corrected chi connectivity index (χ3v) is 3.45. The molecule has 2 N–H and O–H groups in total. The normalized spacial score (nSPS) is 11.4. The molecule has 1 atom stereocenters. The Morgan fingerprint density at radius 2 is 1.73 bits per heavy atom. The number of thiocarbonyl (C=S) groups is 1. The van der Waals surface area contributed by atoms with Crippen molar-refractivity contribution in [2.45, 2.75) is 13.0 Å². The Labute approximate surface area is 135 Å². The van der Waals surface area contributed by atoms with Crippen LogP contribution in [0.1, 0.15) is 28.9 Å². The second-order valence-electron chi connectivity index (χ2n) is 4.77. The molecule has 4 nitrogen and oxygen atoms in total. The molecule has 2 aromatic rings. The molecule has 0 aromatic heterocycles. The third-order valence-electron chi connectivity index (χ3n) is 3.23. The minimum absolute atomic E-state index is 0.0616. The van der Waals surface area contributed by atoms with E-state index in [1.54, 1.807) is 18.2 Å². The summed E-state index contributed by atoms with van der Waals surface area (Å²) in [6, 6.07) is 17.1. The van der Waals surface area contributed by atoms with Crippen molar-refractivity contribution in [1.82, 2.24) is 5.32 Å². The van der Waals surface area contributed by atoms with Gasteiger partial charge in [-0.1, -0.05) is 42.5 Å². The molecule has 1 unspecified atom stereocenters. The Balaban J connectivity index is 2.05. The highest BCUT2D eigenvalue weighted by Gasteiger charge is 2.13. The fourth-order valence-corrected chi connectivity index (χ4v) is 2.35. The molecular weight excluding hydrogens is 296 g/mol. The molecule has 114 valence electrons. The third kappa shape index (κ3) is 4.05. The highest BCUT2D eigenvalue weighted by atomic mass is 32.1. The molecule has 0 radical (unpaired) electrons. The number of hydrogen-bond acceptors (Lipinski definition) is 3. The molecule has 0 saturated heterocycles. The first-order valence-electron chi connectivity index (χ1n) is 6.91. The zero-order valence-electron chi connectivity index (χ0n) is 12.5. The van der Waals surface area contributed by atoms with Crippen LogP contribution in [0.25, 0.3) is 0 Å². The van der Waals surface area contributed by atoms with E-state index < -0.39 is 5.97 Å². The SMILES string of the molecule is COC(=O)c1ccccc1NC(=S)NC(C)c1ccccc1. The van der Waals surface area contributed by atoms with Gasteiger partial charge < -0.3 is 15.4 Å². The molecule has 2 aromatic carbocycles. The Bertz CT molecular complexity index is 659. The van der Waals surface area contributed by atoms with Gasteiger partial charge in [-0.15, -0.1) is 0 Å². The summed E-state index contributed by atoms with van der Waals surface area (Å²) in [7, 11) is 1.35. The molecule has 0 amide bonds. The van der Waals surface area contributed by atoms with Crippen molar-refractivity contribution in [3.8, 4) is 0 Å². The quantitative estimate of drug-likeness (QED) is 0.668. The minimum Gasteiger partial charge on any atom is -0.465 e. The van der Waals surface area contributed by atoms with Crippen LogP contribution in [0.4, 0.5) is 5.69 Å². The first-order chi connectivity index (χ1) is 10.6. The van der Waals surface area contributed by atoms with Gasteiger partial charge in [0.25, 0.3) is 0 Å². The standard InChI is InChI=1S/C17H18N2O2S/c1-12(13-8-4-3-5-9-13)18-17(22)19-15-11-7-6-10-14(15)16(20)21-2/h3-12H,1-2H3,(H2,18,19,22). The minimum atomic E-state index is -0.401. The van der Waals surface area contributed by atoms with E-state index >= 15 is 0 Å². The number of rotatable bonds is 4. The van der Waals surface area contributed by atoms with Crippen LogP contribution in [-0.4, -0.2) is 18.2 Å². The van der Waals surface area contributed by atoms with E-state index in [1.807, 2.05) is 43.3 Å². The van der Waals surface area contributed by atoms with Gasteiger partial charge in [-0.2, -0.15) is 0 Å². The maximum atomic E-state index is 11.7. The number of esters is 1. The predicted octanol–water partition coefficient (Wildman–Crippen LogP) is 3.52. The van der Waals surface area contributed by atoms with E-state index in [4.69, 9.17) is 17.0 Å². The Kier molecular flexibility index (Phi) is 5.49. The number of anilines is 1. The van der Waals surface area contributed by atoms with Crippen LogP contribution in [0.15, 0.2) is 54.6 Å². The summed E-state index contributed by atoms with van der Waals surface area (Å²) in [5.74, 6) is -0.401. The van der Waals surface area contributed by atoms with E-state index in [1.165, 1.54) is 7.11 Å². The summed E-state index contributed by atoms with van der Waals surface area (Å²) in [6.07, 6.45) is 0. The highest BCUT2D eigenvalue weighted by molar-refractivity contribution is 7.80. The molecule has 0 fully saturated rings. The molecule has 0 aliphatic rings. The van der Waals surface area contributed by atoms with Gasteiger partial charge >= 0.3 is 5.97 Å². The smallest absolute Gasteiger partial charge is 0.339 e. The van der Waals surface area contributed by atoms with E-state index in [2.05, 4.69) is 10.6 Å². The van der Waals surface area contributed by atoms with Crippen molar-refractivity contribution in [3.63, 3.8) is 0 Å². The molecule has 5 heteroatoms. The number of benzene rings is 2. The lowest BCUT2D eigenvalue weighted by atomic mass is 10.1. The molecule has 0 bridgehead atoms. The Hall–Kier alpha value is -2.40. The lowest BCUT2D eigenvalue weighted by molar-refractivity contribution is 0.0602. The number of carbonyl (C=O) groups is 1. The second-order valence-corrected chi connectivity index (χ2v) is 5.18. The molecular formula is C17H18N2O2S. The van der Waals surface area contributed by atoms with Crippen molar-refractivity contribution >= 4 is 29.0 Å². The van der Waals surface area contributed by atoms with Crippen LogP contribution < -0.4 is 10.6 Å². The number of carbonyl (C=O) groups excluding carboxylic acids is 1. The van der Waals surface area contributed by atoms with Gasteiger partial charge in [-0.3, -0.25) is 0 Å². The predicted molar refractivity (Wildman–Crippen MR) is 92.0 cm³/mol. The van der Waals surface area contributed by atoms with Gasteiger partial charge in [0.05, 0.1) is 24.4 Å². The number of para-hydroxylation sites is 1. The van der Waals surface area contributed by atoms with Gasteiger partial charge in [-0.05, 0) is 36.8 Å². The van der Waals surface area contributed by atoms with Crippen LogP contribution >= 0.6 is 12.2 Å². The lowest BCUT2D eigenvalue weighted by Crippen LogP contribution is -2.31. The van der Waals surface area contributed by atoms with E-state index in [-0.39, 0.29) is 6.04 Å². The molecule has 0 heterocycles. The summed E-state index contributed by atoms with van der Waals surface area (Å²) in [4.78, 5) is 11.7. The maximum Gasteiger partial charge on any atom is 0.339 e. The van der Waals surface area contributed by atoms with Crippen molar-refractivity contribution in [2.24, 2.45) is 0 Å². The van der Waals surface area contributed by atoms with Gasteiger partial charge in [0, 0.05) is 0 Å². The van der Waals surface area contributed by atoms with Crippen LogP contribution in [-0.2, 0) is 4.74 Å². The van der Waals surface area contributed by atoms with E-state index in [9.17, 15) is 4.79 Å². The largest absolute Gasteiger partial charge is 0.465 e. The zero-order chi connectivity index (χ0) is 15.9. The number of methoxy groups -OCH3 is 1. The average molecular weight is 314 g/mol. The topological polar surface area (TPSA) is 50.4 Å². The first-order valence-corrected chi connectivity index (χ1v) is 7.32. The molecule has 0 saturated carbocycles. The summed E-state index contributed by atoms with van der Waals surface area (Å²) >= 11 is 5.32. The van der Waals surface area contributed by atoms with Crippen LogP contribution in [0.2, 0.25) is 0 Å². The highest BCUT2D eigenvalue weighted by Crippen LogP contribution is 2.17. The van der Waals surface area contributed by atoms with Crippen LogP contribution in [0.3, 0.4) is 0 Å². The summed E-state index contributed by atoms with van der Waals surface area (Å²) in [6.45, 7) is 2.02. The Morgan fingerprint density at radius 3 is 2.41 bits per heavy atom.